The lowest BCUT2D eigenvalue weighted by Crippen LogP contribution is -2.32. The topological polar surface area (TPSA) is 73.3 Å². The van der Waals surface area contributed by atoms with Crippen molar-refractivity contribution in [2.45, 2.75) is 19.4 Å². The summed E-state index contributed by atoms with van der Waals surface area (Å²) in [7, 11) is 7.84. The predicted octanol–water partition coefficient (Wildman–Crippen LogP) is 3.52. The van der Waals surface area contributed by atoms with Gasteiger partial charge in [0, 0.05) is 31.9 Å². The van der Waals surface area contributed by atoms with Crippen molar-refractivity contribution in [1.82, 2.24) is 9.80 Å². The van der Waals surface area contributed by atoms with Crippen LogP contribution in [0.15, 0.2) is 54.1 Å². The van der Waals surface area contributed by atoms with E-state index >= 15 is 0 Å². The van der Waals surface area contributed by atoms with Gasteiger partial charge in [-0.05, 0) is 63.8 Å². The Morgan fingerprint density at radius 1 is 1.06 bits per heavy atom. The Morgan fingerprint density at radius 3 is 2.36 bits per heavy atom. The first kappa shape index (κ1) is 24.3. The van der Waals surface area contributed by atoms with Crippen LogP contribution in [-0.2, 0) is 9.59 Å². The highest BCUT2D eigenvalue weighted by Gasteiger charge is 2.45. The van der Waals surface area contributed by atoms with Crippen LogP contribution in [0, 0.1) is 0 Å². The molecule has 1 heterocycles. The van der Waals surface area contributed by atoms with Crippen molar-refractivity contribution >= 4 is 23.1 Å². The number of ketones is 1. The van der Waals surface area contributed by atoms with E-state index in [0.29, 0.717) is 30.9 Å². The molecule has 0 bridgehead atoms. The van der Waals surface area contributed by atoms with Crippen molar-refractivity contribution in [1.29, 1.82) is 0 Å². The van der Waals surface area contributed by atoms with Crippen LogP contribution in [0.3, 0.4) is 0 Å². The first-order valence-corrected chi connectivity index (χ1v) is 11.2. The molecule has 0 spiro atoms. The van der Waals surface area contributed by atoms with Crippen molar-refractivity contribution in [3.05, 3.63) is 65.2 Å². The first-order chi connectivity index (χ1) is 15.7. The van der Waals surface area contributed by atoms with Gasteiger partial charge >= 0.3 is 0 Å². The van der Waals surface area contributed by atoms with Gasteiger partial charge in [-0.1, -0.05) is 24.3 Å². The first-order valence-electron chi connectivity index (χ1n) is 11.2. The maximum atomic E-state index is 13.1. The Balaban J connectivity index is 2.09. The molecular weight excluding hydrogens is 418 g/mol. The van der Waals surface area contributed by atoms with E-state index in [2.05, 4.69) is 0 Å². The second-order valence-electron chi connectivity index (χ2n) is 8.60. The normalized spacial score (nSPS) is 17.6. The fraction of sp³-hybridized carbons (Fsp3) is 0.385. The number of aliphatic hydroxyl groups is 1. The van der Waals surface area contributed by atoms with Crippen molar-refractivity contribution in [2.24, 2.45) is 0 Å². The van der Waals surface area contributed by atoms with E-state index in [4.69, 9.17) is 4.74 Å². The SMILES string of the molecule is CCOc1cccc(/C(O)=C2\C(=O)C(=O)N(CCCN(C)C)C2c2ccc(N(C)C)cc2)c1. The predicted molar refractivity (Wildman–Crippen MR) is 131 cm³/mol. The number of benzene rings is 2. The van der Waals surface area contributed by atoms with Gasteiger partial charge in [0.25, 0.3) is 11.7 Å². The number of likely N-dealkylation sites (tertiary alicyclic amines) is 1. The van der Waals surface area contributed by atoms with E-state index in [0.717, 1.165) is 17.8 Å². The standard InChI is InChI=1S/C26H33N3O4/c1-6-33-21-10-7-9-19(17-21)24(30)22-23(18-11-13-20(14-12-18)28(4)5)29(26(32)25(22)31)16-8-15-27(2)3/h7,9-14,17,23,30H,6,8,15-16H2,1-5H3/b24-22+. The van der Waals surface area contributed by atoms with Crippen molar-refractivity contribution in [2.75, 3.05) is 52.8 Å². The summed E-state index contributed by atoms with van der Waals surface area (Å²) in [5.41, 5.74) is 2.35. The number of carbonyl (C=O) groups is 2. The summed E-state index contributed by atoms with van der Waals surface area (Å²) in [4.78, 5) is 31.8. The van der Waals surface area contributed by atoms with Gasteiger partial charge in [0.15, 0.2) is 0 Å². The van der Waals surface area contributed by atoms with Gasteiger partial charge in [-0.2, -0.15) is 0 Å². The van der Waals surface area contributed by atoms with Crippen molar-refractivity contribution in [3.63, 3.8) is 0 Å². The number of carbonyl (C=O) groups excluding carboxylic acids is 2. The van der Waals surface area contributed by atoms with Crippen molar-refractivity contribution < 1.29 is 19.4 Å². The molecule has 0 aliphatic carbocycles. The van der Waals surface area contributed by atoms with Gasteiger partial charge in [0.05, 0.1) is 18.2 Å². The summed E-state index contributed by atoms with van der Waals surface area (Å²) in [5.74, 6) is -0.848. The molecule has 1 unspecified atom stereocenters. The van der Waals surface area contributed by atoms with Crippen LogP contribution in [0.2, 0.25) is 0 Å². The highest BCUT2D eigenvalue weighted by Crippen LogP contribution is 2.40. The highest BCUT2D eigenvalue weighted by atomic mass is 16.5. The molecule has 3 rings (SSSR count). The summed E-state index contributed by atoms with van der Waals surface area (Å²) in [6, 6.07) is 14.0. The van der Waals surface area contributed by atoms with Gasteiger partial charge in [-0.3, -0.25) is 9.59 Å². The third-order valence-electron chi connectivity index (χ3n) is 5.69. The third kappa shape index (κ3) is 5.37. The minimum absolute atomic E-state index is 0.108. The van der Waals surface area contributed by atoms with Crippen LogP contribution < -0.4 is 9.64 Å². The minimum atomic E-state index is -0.666. The largest absolute Gasteiger partial charge is 0.507 e. The molecule has 2 aromatic carbocycles. The van der Waals surface area contributed by atoms with Crippen molar-refractivity contribution in [3.8, 4) is 5.75 Å². The van der Waals surface area contributed by atoms with Crippen LogP contribution in [0.4, 0.5) is 5.69 Å². The summed E-state index contributed by atoms with van der Waals surface area (Å²) >= 11 is 0. The molecule has 1 atom stereocenters. The summed E-state index contributed by atoms with van der Waals surface area (Å²) in [6.45, 7) is 3.56. The number of aliphatic hydroxyl groups excluding tert-OH is 1. The average molecular weight is 452 g/mol. The Kier molecular flexibility index (Phi) is 7.76. The fourth-order valence-corrected chi connectivity index (χ4v) is 4.02. The Bertz CT molecular complexity index is 1030. The second-order valence-corrected chi connectivity index (χ2v) is 8.60. The van der Waals surface area contributed by atoms with Gasteiger partial charge < -0.3 is 24.5 Å². The molecule has 0 aromatic heterocycles. The summed E-state index contributed by atoms with van der Waals surface area (Å²) < 4.78 is 5.55. The molecule has 176 valence electrons. The van der Waals surface area contributed by atoms with E-state index in [-0.39, 0.29) is 11.3 Å². The quantitative estimate of drug-likeness (QED) is 0.357. The summed E-state index contributed by atoms with van der Waals surface area (Å²) in [6.07, 6.45) is 0.714. The minimum Gasteiger partial charge on any atom is -0.507 e. The number of Topliss-reactive ketones (excluding diaryl/α,β-unsaturated/α-hetero) is 1. The van der Waals surface area contributed by atoms with Crippen LogP contribution in [0.25, 0.3) is 5.76 Å². The molecule has 1 fully saturated rings. The molecule has 1 saturated heterocycles. The number of hydrogen-bond donors (Lipinski definition) is 1. The van der Waals surface area contributed by atoms with Gasteiger partial charge in [0.1, 0.15) is 11.5 Å². The monoisotopic (exact) mass is 451 g/mol. The second kappa shape index (κ2) is 10.5. The highest BCUT2D eigenvalue weighted by molar-refractivity contribution is 6.46. The summed E-state index contributed by atoms with van der Waals surface area (Å²) in [5, 5.41) is 11.2. The van der Waals surface area contributed by atoms with E-state index in [9.17, 15) is 14.7 Å². The molecule has 1 aliphatic heterocycles. The average Bonchev–Trinajstić information content (AvgIpc) is 3.04. The number of amides is 1. The molecule has 33 heavy (non-hydrogen) atoms. The number of rotatable bonds is 9. The number of nitrogens with zero attached hydrogens (tertiary/aromatic N) is 3. The number of ether oxygens (including phenoxy) is 1. The Labute approximate surface area is 195 Å². The molecular formula is C26H33N3O4. The van der Waals surface area contributed by atoms with Gasteiger partial charge in [-0.25, -0.2) is 0 Å². The zero-order chi connectivity index (χ0) is 24.1. The number of anilines is 1. The molecule has 1 N–H and O–H groups in total. The third-order valence-corrected chi connectivity index (χ3v) is 5.69. The Morgan fingerprint density at radius 2 is 1.76 bits per heavy atom. The molecule has 1 aliphatic rings. The Hall–Kier alpha value is -3.32. The molecule has 0 radical (unpaired) electrons. The van der Waals surface area contributed by atoms with Crippen LogP contribution in [0.5, 0.6) is 5.75 Å². The van der Waals surface area contributed by atoms with E-state index in [1.807, 2.05) is 69.2 Å². The molecule has 1 amide bonds. The van der Waals surface area contributed by atoms with Gasteiger partial charge in [0.2, 0.25) is 0 Å². The fourth-order valence-electron chi connectivity index (χ4n) is 4.02. The molecule has 2 aromatic rings. The van der Waals surface area contributed by atoms with Crippen LogP contribution in [-0.4, -0.2) is 74.5 Å². The van der Waals surface area contributed by atoms with E-state index in [1.54, 1.807) is 29.2 Å². The van der Waals surface area contributed by atoms with Gasteiger partial charge in [-0.15, -0.1) is 0 Å². The van der Waals surface area contributed by atoms with E-state index < -0.39 is 17.7 Å². The molecule has 0 saturated carbocycles. The smallest absolute Gasteiger partial charge is 0.295 e. The van der Waals surface area contributed by atoms with E-state index in [1.165, 1.54) is 0 Å². The maximum Gasteiger partial charge on any atom is 0.295 e. The molecule has 7 nitrogen and oxygen atoms in total. The lowest BCUT2D eigenvalue weighted by Gasteiger charge is -2.26. The zero-order valence-corrected chi connectivity index (χ0v) is 20.0. The van der Waals surface area contributed by atoms with Crippen LogP contribution >= 0.6 is 0 Å². The lowest BCUT2D eigenvalue weighted by molar-refractivity contribution is -0.139. The maximum absolute atomic E-state index is 13.1. The van der Waals surface area contributed by atoms with Crippen LogP contribution in [0.1, 0.15) is 30.5 Å². The molecule has 7 heteroatoms. The zero-order valence-electron chi connectivity index (χ0n) is 20.0. The lowest BCUT2D eigenvalue weighted by atomic mass is 9.95. The number of hydrogen-bond acceptors (Lipinski definition) is 6.